The van der Waals surface area contributed by atoms with Crippen molar-refractivity contribution in [1.82, 2.24) is 10.2 Å². The van der Waals surface area contributed by atoms with Gasteiger partial charge in [-0.05, 0) is 49.7 Å². The molecule has 1 aromatic carbocycles. The first-order valence-electron chi connectivity index (χ1n) is 7.21. The highest BCUT2D eigenvalue weighted by molar-refractivity contribution is 9.10. The zero-order valence-electron chi connectivity index (χ0n) is 11.9. The molecule has 0 amide bonds. The second-order valence-corrected chi connectivity index (χ2v) is 6.62. The summed E-state index contributed by atoms with van der Waals surface area (Å²) in [6, 6.07) is 7.97. The SMILES string of the molecule is CCN1C(=S)NC(c2ccc(Br)cc2)C2=C1CCCC2=O. The molecule has 2 aliphatic rings. The molecule has 0 bridgehead atoms. The van der Waals surface area contributed by atoms with Gasteiger partial charge in [-0.2, -0.15) is 0 Å². The molecule has 21 heavy (non-hydrogen) atoms. The van der Waals surface area contributed by atoms with Crippen molar-refractivity contribution in [2.45, 2.75) is 32.2 Å². The van der Waals surface area contributed by atoms with Gasteiger partial charge in [-0.25, -0.2) is 0 Å². The quantitative estimate of drug-likeness (QED) is 0.810. The highest BCUT2D eigenvalue weighted by atomic mass is 79.9. The van der Waals surface area contributed by atoms with Gasteiger partial charge in [0.05, 0.1) is 6.04 Å². The topological polar surface area (TPSA) is 32.3 Å². The summed E-state index contributed by atoms with van der Waals surface area (Å²) in [6.07, 6.45) is 2.49. The van der Waals surface area contributed by atoms with Crippen molar-refractivity contribution in [1.29, 1.82) is 0 Å². The van der Waals surface area contributed by atoms with Crippen LogP contribution in [0.15, 0.2) is 40.0 Å². The van der Waals surface area contributed by atoms with Crippen LogP contribution in [0.4, 0.5) is 0 Å². The maximum absolute atomic E-state index is 12.5. The van der Waals surface area contributed by atoms with Gasteiger partial charge < -0.3 is 10.2 Å². The summed E-state index contributed by atoms with van der Waals surface area (Å²) in [5, 5.41) is 4.07. The summed E-state index contributed by atoms with van der Waals surface area (Å²) >= 11 is 8.95. The van der Waals surface area contributed by atoms with E-state index in [-0.39, 0.29) is 11.8 Å². The van der Waals surface area contributed by atoms with Crippen LogP contribution in [0.5, 0.6) is 0 Å². The van der Waals surface area contributed by atoms with Crippen LogP contribution in [0, 0.1) is 0 Å². The first-order valence-corrected chi connectivity index (χ1v) is 8.41. The lowest BCUT2D eigenvalue weighted by atomic mass is 9.85. The highest BCUT2D eigenvalue weighted by Crippen LogP contribution is 2.37. The van der Waals surface area contributed by atoms with E-state index < -0.39 is 0 Å². The standard InChI is InChI=1S/C16H17BrN2OS/c1-2-19-12-4-3-5-13(20)14(12)15(18-16(19)21)10-6-8-11(17)9-7-10/h6-9,15H,2-5H2,1H3,(H,18,21). The summed E-state index contributed by atoms with van der Waals surface area (Å²) in [4.78, 5) is 14.5. The maximum atomic E-state index is 12.5. The van der Waals surface area contributed by atoms with Crippen LogP contribution in [-0.4, -0.2) is 22.3 Å². The molecule has 1 aromatic rings. The van der Waals surface area contributed by atoms with Crippen molar-refractivity contribution in [3.05, 3.63) is 45.6 Å². The Morgan fingerprint density at radius 2 is 2.05 bits per heavy atom. The van der Waals surface area contributed by atoms with Crippen LogP contribution >= 0.6 is 28.1 Å². The van der Waals surface area contributed by atoms with E-state index in [1.54, 1.807) is 0 Å². The van der Waals surface area contributed by atoms with Gasteiger partial charge in [-0.1, -0.05) is 28.1 Å². The normalized spacial score (nSPS) is 22.2. The number of allylic oxidation sites excluding steroid dienone is 1. The zero-order chi connectivity index (χ0) is 15.0. The summed E-state index contributed by atoms with van der Waals surface area (Å²) in [5.41, 5.74) is 3.10. The molecule has 3 rings (SSSR count). The predicted molar refractivity (Wildman–Crippen MR) is 90.9 cm³/mol. The van der Waals surface area contributed by atoms with Crippen molar-refractivity contribution >= 4 is 39.0 Å². The Kier molecular flexibility index (Phi) is 4.13. The maximum Gasteiger partial charge on any atom is 0.173 e. The average Bonchev–Trinajstić information content (AvgIpc) is 2.47. The number of carbonyl (C=O) groups is 1. The van der Waals surface area contributed by atoms with Crippen LogP contribution in [0.2, 0.25) is 0 Å². The van der Waals surface area contributed by atoms with Crippen LogP contribution in [-0.2, 0) is 4.79 Å². The molecule has 3 nitrogen and oxygen atoms in total. The van der Waals surface area contributed by atoms with Crippen molar-refractivity contribution in [3.8, 4) is 0 Å². The second kappa shape index (κ2) is 5.89. The fourth-order valence-electron chi connectivity index (χ4n) is 3.09. The van der Waals surface area contributed by atoms with E-state index in [1.165, 1.54) is 0 Å². The lowest BCUT2D eigenvalue weighted by Crippen LogP contribution is -2.49. The minimum Gasteiger partial charge on any atom is -0.351 e. The first kappa shape index (κ1) is 14.7. The number of halogens is 1. The molecular formula is C16H17BrN2OS. The molecule has 0 saturated carbocycles. The number of benzene rings is 1. The number of rotatable bonds is 2. The van der Waals surface area contributed by atoms with Crippen LogP contribution < -0.4 is 5.32 Å². The van der Waals surface area contributed by atoms with Gasteiger partial charge >= 0.3 is 0 Å². The van der Waals surface area contributed by atoms with E-state index in [0.717, 1.165) is 45.8 Å². The Labute approximate surface area is 138 Å². The molecule has 0 spiro atoms. The molecule has 0 fully saturated rings. The predicted octanol–water partition coefficient (Wildman–Crippen LogP) is 3.71. The fourth-order valence-corrected chi connectivity index (χ4v) is 3.71. The monoisotopic (exact) mass is 364 g/mol. The molecule has 1 N–H and O–H groups in total. The molecular weight excluding hydrogens is 348 g/mol. The number of ketones is 1. The van der Waals surface area contributed by atoms with E-state index >= 15 is 0 Å². The number of carbonyl (C=O) groups excluding carboxylic acids is 1. The van der Waals surface area contributed by atoms with Crippen molar-refractivity contribution < 1.29 is 4.79 Å². The van der Waals surface area contributed by atoms with Crippen LogP contribution in [0.1, 0.15) is 37.8 Å². The third-order valence-electron chi connectivity index (χ3n) is 4.08. The Morgan fingerprint density at radius 1 is 1.33 bits per heavy atom. The summed E-state index contributed by atoms with van der Waals surface area (Å²) in [5.74, 6) is 0.248. The number of hydrogen-bond acceptors (Lipinski definition) is 2. The number of hydrogen-bond donors (Lipinski definition) is 1. The molecule has 0 saturated heterocycles. The minimum absolute atomic E-state index is 0.115. The summed E-state index contributed by atoms with van der Waals surface area (Å²) in [6.45, 7) is 2.86. The third-order valence-corrected chi connectivity index (χ3v) is 4.94. The second-order valence-electron chi connectivity index (χ2n) is 5.32. The molecule has 0 aromatic heterocycles. The fraction of sp³-hybridized carbons (Fsp3) is 0.375. The van der Waals surface area contributed by atoms with Gasteiger partial charge in [-0.15, -0.1) is 0 Å². The molecule has 1 aliphatic heterocycles. The molecule has 5 heteroatoms. The van der Waals surface area contributed by atoms with Gasteiger partial charge in [0.2, 0.25) is 0 Å². The van der Waals surface area contributed by atoms with Gasteiger partial charge in [0, 0.05) is 28.7 Å². The van der Waals surface area contributed by atoms with E-state index in [0.29, 0.717) is 6.42 Å². The Morgan fingerprint density at radius 3 is 2.71 bits per heavy atom. The van der Waals surface area contributed by atoms with E-state index in [1.807, 2.05) is 24.3 Å². The van der Waals surface area contributed by atoms with Crippen LogP contribution in [0.25, 0.3) is 0 Å². The van der Waals surface area contributed by atoms with Crippen molar-refractivity contribution in [3.63, 3.8) is 0 Å². The third kappa shape index (κ3) is 2.64. The Hall–Kier alpha value is -1.20. The number of nitrogens with one attached hydrogen (secondary N) is 1. The number of Topliss-reactive ketones (excluding diaryl/α,β-unsaturated/α-hetero) is 1. The average molecular weight is 365 g/mol. The molecule has 1 unspecified atom stereocenters. The van der Waals surface area contributed by atoms with E-state index in [9.17, 15) is 4.79 Å². The van der Waals surface area contributed by atoms with Crippen molar-refractivity contribution in [2.75, 3.05) is 6.54 Å². The zero-order valence-corrected chi connectivity index (χ0v) is 14.3. The molecule has 1 aliphatic carbocycles. The molecule has 110 valence electrons. The van der Waals surface area contributed by atoms with Crippen LogP contribution in [0.3, 0.4) is 0 Å². The highest BCUT2D eigenvalue weighted by Gasteiger charge is 2.36. The lowest BCUT2D eigenvalue weighted by Gasteiger charge is -2.40. The lowest BCUT2D eigenvalue weighted by molar-refractivity contribution is -0.116. The van der Waals surface area contributed by atoms with Gasteiger partial charge in [0.25, 0.3) is 0 Å². The van der Waals surface area contributed by atoms with Gasteiger partial charge in [0.15, 0.2) is 10.9 Å². The molecule has 0 radical (unpaired) electrons. The number of thiocarbonyl (C=S) groups is 1. The smallest absolute Gasteiger partial charge is 0.173 e. The van der Waals surface area contributed by atoms with Gasteiger partial charge in [0.1, 0.15) is 0 Å². The summed E-state index contributed by atoms with van der Waals surface area (Å²) < 4.78 is 1.03. The van der Waals surface area contributed by atoms with Crippen molar-refractivity contribution in [2.24, 2.45) is 0 Å². The minimum atomic E-state index is -0.115. The van der Waals surface area contributed by atoms with Gasteiger partial charge in [-0.3, -0.25) is 4.79 Å². The number of nitrogens with zero attached hydrogens (tertiary/aromatic N) is 1. The largest absolute Gasteiger partial charge is 0.351 e. The molecule has 1 heterocycles. The Balaban J connectivity index is 2.09. The van der Waals surface area contributed by atoms with E-state index in [4.69, 9.17) is 12.2 Å². The Bertz CT molecular complexity index is 624. The molecule has 1 atom stereocenters. The first-order chi connectivity index (χ1) is 10.1. The van der Waals surface area contributed by atoms with E-state index in [2.05, 4.69) is 33.1 Å². The summed E-state index contributed by atoms with van der Waals surface area (Å²) in [7, 11) is 0.